The van der Waals surface area contributed by atoms with Gasteiger partial charge >= 0.3 is 5.97 Å². The number of fused-ring (bicyclic) bond motifs is 2. The third-order valence-electron chi connectivity index (χ3n) is 7.83. The van der Waals surface area contributed by atoms with Gasteiger partial charge in [0.1, 0.15) is 5.75 Å². The highest BCUT2D eigenvalue weighted by molar-refractivity contribution is 9.10. The highest BCUT2D eigenvalue weighted by Gasteiger charge is 2.33. The predicted octanol–water partition coefficient (Wildman–Crippen LogP) is 6.27. The summed E-state index contributed by atoms with van der Waals surface area (Å²) in [6.45, 7) is 9.05. The number of carbonyl (C=O) groups excluding carboxylic acids is 1. The molecule has 3 heterocycles. The summed E-state index contributed by atoms with van der Waals surface area (Å²) in [5, 5.41) is 1.07. The molecular weight excluding hydrogens is 638 g/mol. The Kier molecular flexibility index (Phi) is 8.42. The molecule has 224 valence electrons. The molecule has 9 heteroatoms. The van der Waals surface area contributed by atoms with Crippen molar-refractivity contribution in [3.63, 3.8) is 0 Å². The van der Waals surface area contributed by atoms with Crippen molar-refractivity contribution in [3.8, 4) is 5.75 Å². The highest BCUT2D eigenvalue weighted by Crippen LogP contribution is 2.32. The second-order valence-electron chi connectivity index (χ2n) is 10.5. The minimum Gasteiger partial charge on any atom is -0.494 e. The van der Waals surface area contributed by atoms with Crippen LogP contribution in [0.3, 0.4) is 0 Å². The number of nitrogens with zero attached hydrogens (tertiary/aromatic N) is 3. The molecule has 0 fully saturated rings. The molecule has 44 heavy (non-hydrogen) atoms. The number of hydrogen-bond acceptors (Lipinski definition) is 6. The maximum absolute atomic E-state index is 14.3. The van der Waals surface area contributed by atoms with Crippen molar-refractivity contribution < 1.29 is 14.3 Å². The van der Waals surface area contributed by atoms with E-state index in [1.165, 1.54) is 16.9 Å². The number of carbonyl (C=O) groups is 1. The molecule has 5 aromatic rings. The average molecular weight is 671 g/mol. The first kappa shape index (κ1) is 29.8. The first-order chi connectivity index (χ1) is 21.3. The Hall–Kier alpha value is -4.21. The zero-order valence-corrected chi connectivity index (χ0v) is 27.4. The molecule has 0 bridgehead atoms. The minimum atomic E-state index is -0.678. The van der Waals surface area contributed by atoms with E-state index in [1.807, 2.05) is 61.5 Å². The van der Waals surface area contributed by atoms with Gasteiger partial charge in [-0.3, -0.25) is 9.36 Å². The summed E-state index contributed by atoms with van der Waals surface area (Å²) in [6, 6.07) is 23.4. The summed E-state index contributed by atoms with van der Waals surface area (Å²) in [6.07, 6.45) is 1.97. The Labute approximate surface area is 267 Å². The Morgan fingerprint density at radius 3 is 2.43 bits per heavy atom. The predicted molar refractivity (Wildman–Crippen MR) is 178 cm³/mol. The average Bonchev–Trinajstić information content (AvgIpc) is 3.46. The van der Waals surface area contributed by atoms with Crippen LogP contribution in [-0.4, -0.2) is 28.3 Å². The molecule has 1 aliphatic heterocycles. The van der Waals surface area contributed by atoms with Gasteiger partial charge in [0.25, 0.3) is 5.56 Å². The van der Waals surface area contributed by atoms with Gasteiger partial charge in [0, 0.05) is 33.2 Å². The van der Waals surface area contributed by atoms with E-state index < -0.39 is 12.0 Å². The van der Waals surface area contributed by atoms with Crippen molar-refractivity contribution in [2.24, 2.45) is 4.99 Å². The number of esters is 1. The van der Waals surface area contributed by atoms with E-state index in [4.69, 9.17) is 14.5 Å². The van der Waals surface area contributed by atoms with E-state index >= 15 is 0 Å². The van der Waals surface area contributed by atoms with E-state index in [0.29, 0.717) is 33.8 Å². The first-order valence-electron chi connectivity index (χ1n) is 14.5. The lowest BCUT2D eigenvalue weighted by Gasteiger charge is -2.24. The molecule has 0 saturated carbocycles. The van der Waals surface area contributed by atoms with Gasteiger partial charge in [-0.15, -0.1) is 0 Å². The smallest absolute Gasteiger partial charge is 0.338 e. The molecule has 7 nitrogen and oxygen atoms in total. The van der Waals surface area contributed by atoms with Gasteiger partial charge in [-0.25, -0.2) is 9.79 Å². The zero-order chi connectivity index (χ0) is 31.0. The number of aromatic nitrogens is 2. The van der Waals surface area contributed by atoms with Gasteiger partial charge in [0.05, 0.1) is 35.1 Å². The summed E-state index contributed by atoms with van der Waals surface area (Å²) in [4.78, 5) is 32.8. The summed E-state index contributed by atoms with van der Waals surface area (Å²) in [7, 11) is 0. The number of ether oxygens (including phenoxy) is 2. The Balaban J connectivity index is 1.52. The quantitative estimate of drug-likeness (QED) is 0.183. The van der Waals surface area contributed by atoms with Gasteiger partial charge in [-0.1, -0.05) is 69.7 Å². The van der Waals surface area contributed by atoms with Crippen LogP contribution in [0.4, 0.5) is 0 Å². The van der Waals surface area contributed by atoms with Crippen LogP contribution in [0.1, 0.15) is 49.2 Å². The molecule has 0 radical (unpaired) electrons. The van der Waals surface area contributed by atoms with Crippen LogP contribution in [0, 0.1) is 6.92 Å². The van der Waals surface area contributed by atoms with Crippen molar-refractivity contribution in [1.29, 1.82) is 0 Å². The lowest BCUT2D eigenvalue weighted by atomic mass is 9.96. The molecule has 1 aliphatic rings. The lowest BCUT2D eigenvalue weighted by Crippen LogP contribution is -2.39. The van der Waals surface area contributed by atoms with E-state index in [1.54, 1.807) is 18.4 Å². The maximum Gasteiger partial charge on any atom is 0.338 e. The van der Waals surface area contributed by atoms with Crippen molar-refractivity contribution in [2.45, 2.75) is 40.3 Å². The maximum atomic E-state index is 14.3. The van der Waals surface area contributed by atoms with Gasteiger partial charge in [-0.05, 0) is 75.2 Å². The number of halogens is 1. The molecule has 0 spiro atoms. The van der Waals surface area contributed by atoms with Crippen molar-refractivity contribution in [3.05, 3.63) is 131 Å². The van der Waals surface area contributed by atoms with Gasteiger partial charge in [0.2, 0.25) is 0 Å². The molecule has 0 N–H and O–H groups in total. The molecule has 0 unspecified atom stereocenters. The SMILES string of the molecule is CCOC(=O)C1=C(C)N=c2s/c(=C\c3c(C)n(Cc4ccc(Br)cc4)c4ccccc34)c(=O)n2[C@@H]1c1ccc(OCC)cc1. The second-order valence-corrected chi connectivity index (χ2v) is 12.5. The summed E-state index contributed by atoms with van der Waals surface area (Å²) in [5.74, 6) is 0.241. The summed E-state index contributed by atoms with van der Waals surface area (Å²) in [5.41, 5.74) is 5.80. The van der Waals surface area contributed by atoms with E-state index in [2.05, 4.69) is 51.7 Å². The van der Waals surface area contributed by atoms with Crippen molar-refractivity contribution >= 4 is 50.2 Å². The molecule has 1 atom stereocenters. The topological polar surface area (TPSA) is 74.8 Å². The molecular formula is C35H32BrN3O4S. The fourth-order valence-corrected chi connectivity index (χ4v) is 7.06. The monoisotopic (exact) mass is 669 g/mol. The fourth-order valence-electron chi connectivity index (χ4n) is 5.77. The molecule has 0 aliphatic carbocycles. The molecule has 3 aromatic carbocycles. The van der Waals surface area contributed by atoms with Crippen LogP contribution in [0.15, 0.2) is 98.3 Å². The van der Waals surface area contributed by atoms with E-state index in [0.717, 1.165) is 37.9 Å². The third-order valence-corrected chi connectivity index (χ3v) is 9.34. The summed E-state index contributed by atoms with van der Waals surface area (Å²) < 4.78 is 16.6. The van der Waals surface area contributed by atoms with Gasteiger partial charge in [0.15, 0.2) is 4.80 Å². The zero-order valence-electron chi connectivity index (χ0n) is 25.0. The fraction of sp³-hybridized carbons (Fsp3) is 0.229. The second kappa shape index (κ2) is 12.4. The molecule has 0 saturated heterocycles. The highest BCUT2D eigenvalue weighted by atomic mass is 79.9. The van der Waals surface area contributed by atoms with Gasteiger partial charge < -0.3 is 14.0 Å². The normalized spacial score (nSPS) is 14.9. The largest absolute Gasteiger partial charge is 0.494 e. The van der Waals surface area contributed by atoms with Gasteiger partial charge in [-0.2, -0.15) is 0 Å². The Morgan fingerprint density at radius 1 is 1.00 bits per heavy atom. The molecule has 6 rings (SSSR count). The van der Waals surface area contributed by atoms with E-state index in [9.17, 15) is 9.59 Å². The van der Waals surface area contributed by atoms with Crippen LogP contribution in [0.25, 0.3) is 17.0 Å². The molecule has 0 amide bonds. The Bertz CT molecular complexity index is 2090. The van der Waals surface area contributed by atoms with Crippen LogP contribution in [0.5, 0.6) is 5.75 Å². The standard InChI is InChI=1S/C35H32BrN3O4S/c1-5-42-26-17-13-24(14-18-26)32-31(34(41)43-6-2)21(3)37-35-39(32)33(40)30(44-35)19-28-22(4)38(29-10-8-7-9-27(28)29)20-23-11-15-25(36)16-12-23/h7-19,32H,5-6,20H2,1-4H3/b30-19-/t32-/m1/s1. The van der Waals surface area contributed by atoms with Crippen LogP contribution in [-0.2, 0) is 16.1 Å². The number of para-hydroxylation sites is 1. The molecule has 2 aromatic heterocycles. The minimum absolute atomic E-state index is 0.203. The number of allylic oxidation sites excluding steroid dienone is 1. The van der Waals surface area contributed by atoms with Crippen LogP contribution >= 0.6 is 27.3 Å². The van der Waals surface area contributed by atoms with Crippen LogP contribution < -0.4 is 19.6 Å². The number of benzene rings is 3. The first-order valence-corrected chi connectivity index (χ1v) is 16.2. The third kappa shape index (κ3) is 5.46. The number of rotatable bonds is 8. The number of thiazole rings is 1. The van der Waals surface area contributed by atoms with Crippen molar-refractivity contribution in [2.75, 3.05) is 13.2 Å². The summed E-state index contributed by atoms with van der Waals surface area (Å²) >= 11 is 4.86. The lowest BCUT2D eigenvalue weighted by molar-refractivity contribution is -0.139. The van der Waals surface area contributed by atoms with Crippen LogP contribution in [0.2, 0.25) is 0 Å². The number of hydrogen-bond donors (Lipinski definition) is 0. The Morgan fingerprint density at radius 2 is 1.73 bits per heavy atom. The van der Waals surface area contributed by atoms with E-state index in [-0.39, 0.29) is 12.2 Å². The van der Waals surface area contributed by atoms with Crippen molar-refractivity contribution in [1.82, 2.24) is 9.13 Å².